The van der Waals surface area contributed by atoms with Gasteiger partial charge in [0.2, 0.25) is 0 Å². The molecule has 4 rings (SSSR count). The van der Waals surface area contributed by atoms with E-state index in [2.05, 4.69) is 29.8 Å². The zero-order valence-electron chi connectivity index (χ0n) is 16.1. The van der Waals surface area contributed by atoms with E-state index < -0.39 is 11.8 Å². The maximum Gasteiger partial charge on any atom is 0.280 e. The number of carbonyl (C=O) groups is 2. The first-order valence-electron chi connectivity index (χ1n) is 9.65. The van der Waals surface area contributed by atoms with Crippen molar-refractivity contribution in [2.24, 2.45) is 0 Å². The van der Waals surface area contributed by atoms with E-state index in [1.165, 1.54) is 5.56 Å². The third kappa shape index (κ3) is 3.71. The Morgan fingerprint density at radius 3 is 2.14 bits per heavy atom. The van der Waals surface area contributed by atoms with Gasteiger partial charge < -0.3 is 5.32 Å². The number of thiocarbonyl (C=S) groups is 1. The third-order valence-electron chi connectivity index (χ3n) is 5.02. The van der Waals surface area contributed by atoms with E-state index in [-0.39, 0.29) is 5.11 Å². The quantitative estimate of drug-likeness (QED) is 0.478. The molecule has 3 aromatic carbocycles. The van der Waals surface area contributed by atoms with Crippen LogP contribution in [0.5, 0.6) is 0 Å². The second-order valence-electron chi connectivity index (χ2n) is 7.02. The van der Waals surface area contributed by atoms with E-state index in [4.69, 9.17) is 12.2 Å². The van der Waals surface area contributed by atoms with Gasteiger partial charge in [0, 0.05) is 11.1 Å². The van der Waals surface area contributed by atoms with Crippen LogP contribution in [0.4, 0.5) is 5.69 Å². The molecule has 1 heterocycles. The van der Waals surface area contributed by atoms with Gasteiger partial charge in [0.05, 0.1) is 11.1 Å². The molecule has 2 amide bonds. The molecule has 1 aliphatic rings. The number of amides is 2. The Bertz CT molecular complexity index is 1060. The van der Waals surface area contributed by atoms with Gasteiger partial charge in [-0.25, -0.2) is 0 Å². The molecule has 0 fully saturated rings. The van der Waals surface area contributed by atoms with Crippen LogP contribution in [0, 0.1) is 0 Å². The summed E-state index contributed by atoms with van der Waals surface area (Å²) in [4.78, 5) is 25.8. The van der Waals surface area contributed by atoms with Gasteiger partial charge >= 0.3 is 0 Å². The van der Waals surface area contributed by atoms with Gasteiger partial charge in [-0.3, -0.25) is 15.0 Å². The van der Waals surface area contributed by atoms with Gasteiger partial charge in [0.1, 0.15) is 0 Å². The Kier molecular flexibility index (Phi) is 5.27. The molecule has 0 spiro atoms. The van der Waals surface area contributed by atoms with Gasteiger partial charge in [-0.2, -0.15) is 5.01 Å². The third-order valence-corrected chi connectivity index (χ3v) is 5.21. The highest BCUT2D eigenvalue weighted by Gasteiger charge is 2.33. The number of aryl methyl sites for hydroxylation is 1. The second-order valence-corrected chi connectivity index (χ2v) is 7.43. The number of unbranched alkanes of at least 4 members (excludes halogenated alkanes) is 1. The summed E-state index contributed by atoms with van der Waals surface area (Å²) in [5.74, 6) is -0.836. The molecule has 0 saturated carbocycles. The molecule has 0 aromatic heterocycles. The first-order chi connectivity index (χ1) is 14.1. The topological polar surface area (TPSA) is 61.4 Å². The Labute approximate surface area is 174 Å². The highest BCUT2D eigenvalue weighted by Crippen LogP contribution is 2.29. The minimum Gasteiger partial charge on any atom is -0.331 e. The summed E-state index contributed by atoms with van der Waals surface area (Å²) in [6.07, 6.45) is 3.35. The fourth-order valence-electron chi connectivity index (χ4n) is 3.53. The van der Waals surface area contributed by atoms with Crippen molar-refractivity contribution in [3.05, 3.63) is 77.4 Å². The van der Waals surface area contributed by atoms with Crippen LogP contribution in [0.2, 0.25) is 0 Å². The van der Waals surface area contributed by atoms with Crippen molar-refractivity contribution in [2.75, 3.05) is 5.32 Å². The van der Waals surface area contributed by atoms with Crippen LogP contribution < -0.4 is 10.7 Å². The van der Waals surface area contributed by atoms with E-state index in [0.717, 1.165) is 35.3 Å². The van der Waals surface area contributed by atoms with E-state index in [0.29, 0.717) is 16.5 Å². The number of hydrogen-bond acceptors (Lipinski definition) is 3. The summed E-state index contributed by atoms with van der Waals surface area (Å²) in [5.41, 5.74) is 5.77. The van der Waals surface area contributed by atoms with E-state index in [1.54, 1.807) is 12.1 Å². The minimum atomic E-state index is -0.418. The normalized spacial score (nSPS) is 12.9. The lowest BCUT2D eigenvalue weighted by atomic mass is 9.95. The van der Waals surface area contributed by atoms with Crippen molar-refractivity contribution in [2.45, 2.75) is 26.2 Å². The Morgan fingerprint density at radius 1 is 0.931 bits per heavy atom. The van der Waals surface area contributed by atoms with E-state index in [9.17, 15) is 9.59 Å². The van der Waals surface area contributed by atoms with Crippen molar-refractivity contribution in [1.82, 2.24) is 10.4 Å². The molecule has 0 atom stereocenters. The van der Waals surface area contributed by atoms with Gasteiger partial charge in [-0.15, -0.1) is 0 Å². The van der Waals surface area contributed by atoms with Crippen LogP contribution in [0.1, 0.15) is 46.0 Å². The molecule has 0 radical (unpaired) electrons. The number of nitrogens with one attached hydrogen (secondary N) is 2. The summed E-state index contributed by atoms with van der Waals surface area (Å²) in [6, 6.07) is 18.8. The number of hydrogen-bond donors (Lipinski definition) is 2. The predicted octanol–water partition coefficient (Wildman–Crippen LogP) is 4.68. The first kappa shape index (κ1) is 19.1. The summed E-state index contributed by atoms with van der Waals surface area (Å²) in [6.45, 7) is 2.17. The number of hydrazine groups is 1. The number of anilines is 1. The molecule has 5 nitrogen and oxygen atoms in total. The van der Waals surface area contributed by atoms with Crippen LogP contribution in [-0.4, -0.2) is 21.9 Å². The Hall–Kier alpha value is -3.25. The first-order valence-corrected chi connectivity index (χ1v) is 10.1. The van der Waals surface area contributed by atoms with Crippen LogP contribution in [0.25, 0.3) is 10.8 Å². The summed E-state index contributed by atoms with van der Waals surface area (Å²) in [7, 11) is 0. The zero-order valence-corrected chi connectivity index (χ0v) is 16.9. The van der Waals surface area contributed by atoms with Crippen molar-refractivity contribution in [3.8, 4) is 0 Å². The van der Waals surface area contributed by atoms with Gasteiger partial charge in [0.15, 0.2) is 5.11 Å². The highest BCUT2D eigenvalue weighted by atomic mass is 32.1. The zero-order chi connectivity index (χ0) is 20.4. The summed E-state index contributed by atoms with van der Waals surface area (Å²) >= 11 is 5.34. The van der Waals surface area contributed by atoms with Gasteiger partial charge in [-0.1, -0.05) is 49.7 Å². The summed E-state index contributed by atoms with van der Waals surface area (Å²) < 4.78 is 0. The average Bonchev–Trinajstić information content (AvgIpc) is 2.74. The molecule has 0 bridgehead atoms. The molecular formula is C23H21N3O2S. The molecule has 6 heteroatoms. The van der Waals surface area contributed by atoms with Crippen LogP contribution in [0.15, 0.2) is 60.7 Å². The van der Waals surface area contributed by atoms with Crippen LogP contribution >= 0.6 is 12.2 Å². The van der Waals surface area contributed by atoms with Crippen molar-refractivity contribution in [3.63, 3.8) is 0 Å². The predicted molar refractivity (Wildman–Crippen MR) is 119 cm³/mol. The number of benzene rings is 3. The smallest absolute Gasteiger partial charge is 0.280 e. The molecule has 29 heavy (non-hydrogen) atoms. The van der Waals surface area contributed by atoms with Crippen LogP contribution in [0.3, 0.4) is 0 Å². The largest absolute Gasteiger partial charge is 0.331 e. The fourth-order valence-corrected chi connectivity index (χ4v) is 3.74. The van der Waals surface area contributed by atoms with Gasteiger partial charge in [-0.05, 0) is 60.3 Å². The van der Waals surface area contributed by atoms with Crippen molar-refractivity contribution >= 4 is 45.6 Å². The SMILES string of the molecule is CCCCc1ccc(NC(=S)NN2C(=O)c3cccc4cccc(c34)C2=O)cc1. The molecular weight excluding hydrogens is 382 g/mol. The molecule has 3 aromatic rings. The second kappa shape index (κ2) is 8.01. The molecule has 0 aliphatic carbocycles. The lowest BCUT2D eigenvalue weighted by Crippen LogP contribution is -2.52. The Balaban J connectivity index is 1.50. The minimum absolute atomic E-state index is 0.180. The lowest BCUT2D eigenvalue weighted by molar-refractivity contribution is 0.0568. The highest BCUT2D eigenvalue weighted by molar-refractivity contribution is 7.80. The number of imide groups is 1. The molecule has 0 unspecified atom stereocenters. The summed E-state index contributed by atoms with van der Waals surface area (Å²) in [5, 5.41) is 5.74. The van der Waals surface area contributed by atoms with Gasteiger partial charge in [0.25, 0.3) is 11.8 Å². The average molecular weight is 404 g/mol. The molecule has 146 valence electrons. The Morgan fingerprint density at radius 2 is 1.55 bits per heavy atom. The standard InChI is InChI=1S/C23H21N3O2S/c1-2-3-6-15-11-13-17(14-12-15)24-23(29)25-26-21(27)18-9-4-7-16-8-5-10-19(20(16)18)22(26)28/h4-5,7-14H,2-3,6H2,1H3,(H2,24,25,29). The molecule has 2 N–H and O–H groups in total. The lowest BCUT2D eigenvalue weighted by Gasteiger charge is -2.28. The fraction of sp³-hybridized carbons (Fsp3) is 0.174. The molecule has 0 saturated heterocycles. The number of nitrogens with zero attached hydrogens (tertiary/aromatic N) is 1. The maximum absolute atomic E-state index is 12.9. The number of carbonyl (C=O) groups excluding carboxylic acids is 2. The maximum atomic E-state index is 12.9. The van der Waals surface area contributed by atoms with E-state index in [1.807, 2.05) is 36.4 Å². The van der Waals surface area contributed by atoms with E-state index >= 15 is 0 Å². The number of rotatable bonds is 5. The molecule has 1 aliphatic heterocycles. The monoisotopic (exact) mass is 403 g/mol. The van der Waals surface area contributed by atoms with Crippen molar-refractivity contribution < 1.29 is 9.59 Å². The van der Waals surface area contributed by atoms with Crippen LogP contribution in [-0.2, 0) is 6.42 Å². The van der Waals surface area contributed by atoms with Crippen molar-refractivity contribution in [1.29, 1.82) is 0 Å².